The molecule has 1 heterocycles. The van der Waals surface area contributed by atoms with Crippen molar-refractivity contribution in [2.24, 2.45) is 0 Å². The monoisotopic (exact) mass is 482 g/mol. The number of ether oxygens (including phenoxy) is 1. The van der Waals surface area contributed by atoms with Crippen LogP contribution in [0.2, 0.25) is 5.02 Å². The van der Waals surface area contributed by atoms with Crippen molar-refractivity contribution in [3.63, 3.8) is 0 Å². The number of para-hydroxylation sites is 1. The molecule has 172 valence electrons. The molecule has 0 bridgehead atoms. The summed E-state index contributed by atoms with van der Waals surface area (Å²) in [5.41, 5.74) is -2.04. The van der Waals surface area contributed by atoms with Crippen molar-refractivity contribution < 1.29 is 31.9 Å². The van der Waals surface area contributed by atoms with Gasteiger partial charge in [0.1, 0.15) is 23.0 Å². The molecule has 2 aromatic carbocycles. The molecule has 3 aromatic rings. The number of hydrogen-bond donors (Lipinski definition) is 3. The second kappa shape index (κ2) is 9.74. The van der Waals surface area contributed by atoms with Crippen molar-refractivity contribution in [3.05, 3.63) is 76.8 Å². The van der Waals surface area contributed by atoms with E-state index < -0.39 is 35.2 Å². The number of pyridine rings is 1. The Hall–Kier alpha value is -3.86. The van der Waals surface area contributed by atoms with Gasteiger partial charge in [0.2, 0.25) is 0 Å². The highest BCUT2D eigenvalue weighted by Gasteiger charge is 2.34. The first kappa shape index (κ1) is 23.8. The first-order valence-electron chi connectivity index (χ1n) is 9.17. The van der Waals surface area contributed by atoms with E-state index in [4.69, 9.17) is 16.3 Å². The Balaban J connectivity index is 1.73. The van der Waals surface area contributed by atoms with Crippen LogP contribution in [0.15, 0.2) is 54.7 Å². The lowest BCUT2D eigenvalue weighted by molar-refractivity contribution is -0.136. The van der Waals surface area contributed by atoms with Crippen LogP contribution >= 0.6 is 11.6 Å². The van der Waals surface area contributed by atoms with E-state index in [9.17, 15) is 27.2 Å². The number of benzene rings is 2. The summed E-state index contributed by atoms with van der Waals surface area (Å²) in [6, 6.07) is 8.10. The van der Waals surface area contributed by atoms with Crippen LogP contribution in [0, 0.1) is 5.82 Å². The zero-order chi connectivity index (χ0) is 24.2. The lowest BCUT2D eigenvalue weighted by atomic mass is 10.1. The molecular weight excluding hydrogens is 468 g/mol. The predicted molar refractivity (Wildman–Crippen MR) is 113 cm³/mol. The van der Waals surface area contributed by atoms with E-state index in [0.717, 1.165) is 24.3 Å². The van der Waals surface area contributed by atoms with E-state index in [-0.39, 0.29) is 27.9 Å². The summed E-state index contributed by atoms with van der Waals surface area (Å²) >= 11 is 5.79. The molecular formula is C21H15ClF4N4O3. The van der Waals surface area contributed by atoms with E-state index >= 15 is 0 Å². The number of rotatable bonds is 5. The third kappa shape index (κ3) is 5.89. The van der Waals surface area contributed by atoms with Crippen LogP contribution in [0.4, 0.5) is 33.7 Å². The van der Waals surface area contributed by atoms with E-state index in [2.05, 4.69) is 15.6 Å². The van der Waals surface area contributed by atoms with Crippen LogP contribution < -0.4 is 20.7 Å². The number of aromatic nitrogens is 1. The summed E-state index contributed by atoms with van der Waals surface area (Å²) in [5.74, 6) is -1.11. The van der Waals surface area contributed by atoms with E-state index in [1.54, 1.807) is 0 Å². The summed E-state index contributed by atoms with van der Waals surface area (Å²) in [4.78, 5) is 27.7. The molecule has 3 amide bonds. The summed E-state index contributed by atoms with van der Waals surface area (Å²) in [7, 11) is 1.43. The number of hydrogen-bond acceptors (Lipinski definition) is 4. The lowest BCUT2D eigenvalue weighted by Gasteiger charge is -2.16. The third-order valence-electron chi connectivity index (χ3n) is 4.17. The molecule has 0 fully saturated rings. The van der Waals surface area contributed by atoms with Gasteiger partial charge in [0.05, 0.1) is 22.0 Å². The van der Waals surface area contributed by atoms with Crippen LogP contribution in [0.3, 0.4) is 0 Å². The maximum atomic E-state index is 14.5. The van der Waals surface area contributed by atoms with Crippen molar-refractivity contribution in [2.75, 3.05) is 17.7 Å². The fourth-order valence-electron chi connectivity index (χ4n) is 2.68. The number of urea groups is 1. The van der Waals surface area contributed by atoms with Crippen LogP contribution in [-0.2, 0) is 6.18 Å². The molecule has 33 heavy (non-hydrogen) atoms. The van der Waals surface area contributed by atoms with Crippen molar-refractivity contribution in [1.82, 2.24) is 10.3 Å². The van der Waals surface area contributed by atoms with Gasteiger partial charge in [-0.15, -0.1) is 0 Å². The van der Waals surface area contributed by atoms with E-state index in [1.165, 1.54) is 37.5 Å². The molecule has 0 saturated heterocycles. The van der Waals surface area contributed by atoms with Crippen LogP contribution in [0.1, 0.15) is 16.1 Å². The summed E-state index contributed by atoms with van der Waals surface area (Å²) < 4.78 is 59.4. The Morgan fingerprint density at radius 1 is 1.03 bits per heavy atom. The molecule has 0 aliphatic carbocycles. The summed E-state index contributed by atoms with van der Waals surface area (Å²) in [6.07, 6.45) is -3.43. The van der Waals surface area contributed by atoms with Gasteiger partial charge in [0.25, 0.3) is 5.91 Å². The molecule has 1 aromatic heterocycles. The smallest absolute Gasteiger partial charge is 0.418 e. The van der Waals surface area contributed by atoms with Crippen molar-refractivity contribution in [2.45, 2.75) is 6.18 Å². The number of nitrogens with zero attached hydrogens (tertiary/aromatic N) is 1. The van der Waals surface area contributed by atoms with Crippen LogP contribution in [-0.4, -0.2) is 24.0 Å². The summed E-state index contributed by atoms with van der Waals surface area (Å²) in [5, 5.41) is 6.18. The second-order valence-electron chi connectivity index (χ2n) is 6.44. The second-order valence-corrected chi connectivity index (χ2v) is 6.85. The first-order chi connectivity index (χ1) is 15.6. The zero-order valence-corrected chi connectivity index (χ0v) is 17.5. The van der Waals surface area contributed by atoms with E-state index in [0.29, 0.717) is 0 Å². The highest BCUT2D eigenvalue weighted by molar-refractivity contribution is 6.34. The fraction of sp³-hybridized carbons (Fsp3) is 0.0952. The highest BCUT2D eigenvalue weighted by Crippen LogP contribution is 2.38. The number of alkyl halides is 3. The number of nitrogens with one attached hydrogen (secondary N) is 3. The first-order valence-corrected chi connectivity index (χ1v) is 9.55. The Labute approximate surface area is 189 Å². The number of halogens is 5. The molecule has 7 nitrogen and oxygen atoms in total. The third-order valence-corrected chi connectivity index (χ3v) is 4.49. The molecule has 0 spiro atoms. The molecule has 0 unspecified atom stereocenters. The van der Waals surface area contributed by atoms with Gasteiger partial charge in [-0.05, 0) is 30.3 Å². The topological polar surface area (TPSA) is 92.4 Å². The molecule has 0 aliphatic heterocycles. The van der Waals surface area contributed by atoms with E-state index in [1.807, 2.05) is 5.32 Å². The Morgan fingerprint density at radius 3 is 2.42 bits per heavy atom. The molecule has 0 aliphatic rings. The number of carbonyl (C=O) groups is 2. The molecule has 0 atom stereocenters. The molecule has 3 rings (SSSR count). The van der Waals surface area contributed by atoms with Crippen LogP contribution in [0.5, 0.6) is 11.5 Å². The summed E-state index contributed by atoms with van der Waals surface area (Å²) in [6.45, 7) is 0. The maximum absolute atomic E-state index is 14.5. The zero-order valence-electron chi connectivity index (χ0n) is 16.8. The Kier molecular flexibility index (Phi) is 7.02. The van der Waals surface area contributed by atoms with Gasteiger partial charge in [0, 0.05) is 25.4 Å². The van der Waals surface area contributed by atoms with Gasteiger partial charge in [-0.2, -0.15) is 13.2 Å². The Bertz CT molecular complexity index is 1200. The predicted octanol–water partition coefficient (Wildman–Crippen LogP) is 5.69. The molecule has 0 saturated carbocycles. The standard InChI is InChI=1S/C21H15ClF4N4O3/c1-27-19(31)17-10-12(7-8-28-17)33-11-5-6-16(15(23)9-11)29-20(32)30-18-13(21(24,25)26)3-2-4-14(18)22/h2-10H,1H3,(H,27,31)(H2,29,30,32). The minimum absolute atomic E-state index is 0.0398. The number of carbonyl (C=O) groups excluding carboxylic acids is 2. The maximum Gasteiger partial charge on any atom is 0.418 e. The van der Waals surface area contributed by atoms with Gasteiger partial charge >= 0.3 is 12.2 Å². The Morgan fingerprint density at radius 2 is 1.76 bits per heavy atom. The lowest BCUT2D eigenvalue weighted by Crippen LogP contribution is -2.22. The minimum Gasteiger partial charge on any atom is -0.457 e. The SMILES string of the molecule is CNC(=O)c1cc(Oc2ccc(NC(=O)Nc3c(Cl)cccc3C(F)(F)F)c(F)c2)ccn1. The number of anilines is 2. The van der Waals surface area contributed by atoms with Gasteiger partial charge in [-0.3, -0.25) is 9.78 Å². The minimum atomic E-state index is -4.76. The molecule has 12 heteroatoms. The average Bonchev–Trinajstić information content (AvgIpc) is 2.76. The highest BCUT2D eigenvalue weighted by atomic mass is 35.5. The van der Waals surface area contributed by atoms with Gasteiger partial charge < -0.3 is 20.7 Å². The van der Waals surface area contributed by atoms with Gasteiger partial charge in [0.15, 0.2) is 0 Å². The number of amides is 3. The van der Waals surface area contributed by atoms with Gasteiger partial charge in [-0.1, -0.05) is 17.7 Å². The van der Waals surface area contributed by atoms with Crippen molar-refractivity contribution in [1.29, 1.82) is 0 Å². The molecule has 3 N–H and O–H groups in total. The average molecular weight is 483 g/mol. The quantitative estimate of drug-likeness (QED) is 0.407. The largest absolute Gasteiger partial charge is 0.457 e. The van der Waals surface area contributed by atoms with Crippen molar-refractivity contribution >= 4 is 34.9 Å². The van der Waals surface area contributed by atoms with Crippen molar-refractivity contribution in [3.8, 4) is 11.5 Å². The molecule has 0 radical (unpaired) electrons. The fourth-order valence-corrected chi connectivity index (χ4v) is 2.90. The normalized spacial score (nSPS) is 11.0. The van der Waals surface area contributed by atoms with Gasteiger partial charge in [-0.25, -0.2) is 9.18 Å². The van der Waals surface area contributed by atoms with Crippen LogP contribution in [0.25, 0.3) is 0 Å².